The zero-order valence-corrected chi connectivity index (χ0v) is 22.1. The van der Waals surface area contributed by atoms with Crippen LogP contribution in [0.2, 0.25) is 0 Å². The van der Waals surface area contributed by atoms with Gasteiger partial charge in [-0.1, -0.05) is 36.4 Å². The molecule has 3 heterocycles. The number of amides is 2. The minimum Gasteiger partial charge on any atom is -0.354 e. The van der Waals surface area contributed by atoms with Crippen molar-refractivity contribution in [2.45, 2.75) is 63.8 Å². The number of pyridine rings is 1. The van der Waals surface area contributed by atoms with Gasteiger partial charge in [-0.15, -0.1) is 5.10 Å². The Morgan fingerprint density at radius 2 is 1.87 bits per heavy atom. The van der Waals surface area contributed by atoms with E-state index < -0.39 is 36.0 Å². The topological polar surface area (TPSA) is 96.2 Å². The highest BCUT2D eigenvalue weighted by Gasteiger charge is 2.41. The molecule has 0 spiro atoms. The standard InChI is InChI=1S/C28H33F2N7O2/c1-3-35(4-2)24-15-31-37(34-24)17-25(38)36-16-20(29)14-23(36)28(39)33-26(19-8-6-5-7-9-19)22-13-12-21(18-10-11-18)27(30)32-22/h5-9,12-13,15,18,20,23,26H,3-4,10-11,14,16-17H2,1-2H3,(H,33,39). The zero-order chi connectivity index (χ0) is 27.5. The monoisotopic (exact) mass is 537 g/mol. The summed E-state index contributed by atoms with van der Waals surface area (Å²) in [6, 6.07) is 10.8. The average molecular weight is 538 g/mol. The molecule has 11 heteroatoms. The van der Waals surface area contributed by atoms with E-state index in [4.69, 9.17) is 0 Å². The van der Waals surface area contributed by atoms with Crippen molar-refractivity contribution in [3.05, 3.63) is 71.4 Å². The molecule has 3 atom stereocenters. The van der Waals surface area contributed by atoms with Gasteiger partial charge >= 0.3 is 0 Å². The fourth-order valence-electron chi connectivity index (χ4n) is 5.11. The molecular formula is C28H33F2N7O2. The number of likely N-dealkylation sites (tertiary alicyclic amines) is 1. The highest BCUT2D eigenvalue weighted by Crippen LogP contribution is 2.41. The summed E-state index contributed by atoms with van der Waals surface area (Å²) in [5.74, 6) is -0.676. The molecule has 1 N–H and O–H groups in total. The molecule has 9 nitrogen and oxygen atoms in total. The molecule has 3 aromatic rings. The van der Waals surface area contributed by atoms with Crippen LogP contribution in [0.4, 0.5) is 14.6 Å². The van der Waals surface area contributed by atoms with Gasteiger partial charge in [-0.3, -0.25) is 9.59 Å². The Balaban J connectivity index is 1.34. The van der Waals surface area contributed by atoms with Gasteiger partial charge in [0, 0.05) is 25.1 Å². The number of alkyl halides is 1. The molecule has 2 fully saturated rings. The summed E-state index contributed by atoms with van der Waals surface area (Å²) in [6.45, 7) is 5.07. The summed E-state index contributed by atoms with van der Waals surface area (Å²) in [4.78, 5) is 35.4. The van der Waals surface area contributed by atoms with E-state index in [1.807, 2.05) is 49.1 Å². The number of hydrogen-bond acceptors (Lipinski definition) is 6. The third kappa shape index (κ3) is 5.91. The third-order valence-corrected chi connectivity index (χ3v) is 7.39. The van der Waals surface area contributed by atoms with Gasteiger partial charge in [-0.2, -0.15) is 14.3 Å². The van der Waals surface area contributed by atoms with Crippen LogP contribution in [0.1, 0.15) is 61.9 Å². The van der Waals surface area contributed by atoms with Crippen molar-refractivity contribution < 1.29 is 18.4 Å². The minimum absolute atomic E-state index is 0.126. The molecule has 206 valence electrons. The second kappa shape index (κ2) is 11.5. The van der Waals surface area contributed by atoms with E-state index in [1.54, 1.807) is 18.3 Å². The summed E-state index contributed by atoms with van der Waals surface area (Å²) in [5, 5.41) is 11.4. The van der Waals surface area contributed by atoms with E-state index in [0.29, 0.717) is 22.6 Å². The first-order valence-electron chi connectivity index (χ1n) is 13.5. The smallest absolute Gasteiger partial charge is 0.246 e. The number of halogens is 2. The number of aromatic nitrogens is 4. The molecule has 1 aliphatic carbocycles. The maximum absolute atomic E-state index is 14.8. The number of nitrogens with zero attached hydrogens (tertiary/aromatic N) is 6. The van der Waals surface area contributed by atoms with Crippen LogP contribution in [0.3, 0.4) is 0 Å². The van der Waals surface area contributed by atoms with Crippen LogP contribution < -0.4 is 10.2 Å². The van der Waals surface area contributed by atoms with Crippen molar-refractivity contribution in [3.8, 4) is 0 Å². The van der Waals surface area contributed by atoms with Gasteiger partial charge in [-0.05, 0) is 44.2 Å². The number of nitrogens with one attached hydrogen (secondary N) is 1. The number of carbonyl (C=O) groups excluding carboxylic acids is 2. The first-order chi connectivity index (χ1) is 18.9. The Labute approximate surface area is 226 Å². The summed E-state index contributed by atoms with van der Waals surface area (Å²) >= 11 is 0. The Kier molecular flexibility index (Phi) is 7.85. The van der Waals surface area contributed by atoms with E-state index in [0.717, 1.165) is 25.9 Å². The molecule has 1 saturated heterocycles. The van der Waals surface area contributed by atoms with E-state index in [2.05, 4.69) is 20.5 Å². The van der Waals surface area contributed by atoms with E-state index in [-0.39, 0.29) is 25.4 Å². The molecule has 1 aliphatic heterocycles. The molecule has 5 rings (SSSR count). The third-order valence-electron chi connectivity index (χ3n) is 7.39. The summed E-state index contributed by atoms with van der Waals surface area (Å²) in [7, 11) is 0. The quantitative estimate of drug-likeness (QED) is 0.399. The van der Waals surface area contributed by atoms with Crippen LogP contribution in [0, 0.1) is 5.95 Å². The Morgan fingerprint density at radius 3 is 2.54 bits per heavy atom. The lowest BCUT2D eigenvalue weighted by molar-refractivity contribution is -0.139. The lowest BCUT2D eigenvalue weighted by atomic mass is 10.0. The van der Waals surface area contributed by atoms with Crippen LogP contribution in [0.25, 0.3) is 0 Å². The van der Waals surface area contributed by atoms with Gasteiger partial charge in [0.1, 0.15) is 18.8 Å². The Bertz CT molecular complexity index is 1310. The Hall–Kier alpha value is -3.89. The lowest BCUT2D eigenvalue weighted by Gasteiger charge is -2.26. The fraction of sp³-hybridized carbons (Fsp3) is 0.464. The van der Waals surface area contributed by atoms with Crippen molar-refractivity contribution in [3.63, 3.8) is 0 Å². The number of anilines is 1. The molecule has 2 aliphatic rings. The number of hydrogen-bond donors (Lipinski definition) is 1. The van der Waals surface area contributed by atoms with Crippen LogP contribution in [-0.4, -0.2) is 68.5 Å². The number of benzene rings is 1. The van der Waals surface area contributed by atoms with Gasteiger partial charge in [0.05, 0.1) is 24.5 Å². The van der Waals surface area contributed by atoms with Crippen LogP contribution in [0.15, 0.2) is 48.7 Å². The van der Waals surface area contributed by atoms with Crippen molar-refractivity contribution in [1.29, 1.82) is 0 Å². The predicted molar refractivity (Wildman–Crippen MR) is 141 cm³/mol. The molecule has 0 bridgehead atoms. The zero-order valence-electron chi connectivity index (χ0n) is 22.1. The maximum Gasteiger partial charge on any atom is 0.246 e. The molecule has 2 aromatic heterocycles. The average Bonchev–Trinajstić information content (AvgIpc) is 3.55. The SMILES string of the molecule is CCN(CC)c1cnn(CC(=O)N2CC(F)CC2C(=O)NC(c2ccccc2)c2ccc(C3CC3)c(F)n2)n1. The molecule has 2 amide bonds. The van der Waals surface area contributed by atoms with E-state index >= 15 is 0 Å². The van der Waals surface area contributed by atoms with Crippen molar-refractivity contribution in [2.75, 3.05) is 24.5 Å². The van der Waals surface area contributed by atoms with Crippen molar-refractivity contribution in [2.24, 2.45) is 0 Å². The summed E-state index contributed by atoms with van der Waals surface area (Å²) < 4.78 is 29.4. The van der Waals surface area contributed by atoms with Crippen LogP contribution in [-0.2, 0) is 16.1 Å². The van der Waals surface area contributed by atoms with Crippen molar-refractivity contribution in [1.82, 2.24) is 30.2 Å². The van der Waals surface area contributed by atoms with Crippen LogP contribution >= 0.6 is 0 Å². The second-order valence-electron chi connectivity index (χ2n) is 10.0. The lowest BCUT2D eigenvalue weighted by Crippen LogP contribution is -2.48. The van der Waals surface area contributed by atoms with Gasteiger partial charge in [0.2, 0.25) is 17.8 Å². The van der Waals surface area contributed by atoms with Crippen molar-refractivity contribution >= 4 is 17.6 Å². The first kappa shape index (κ1) is 26.7. The molecule has 3 unspecified atom stereocenters. The number of rotatable bonds is 10. The van der Waals surface area contributed by atoms with Crippen LogP contribution in [0.5, 0.6) is 0 Å². The Morgan fingerprint density at radius 1 is 1.13 bits per heavy atom. The first-order valence-corrected chi connectivity index (χ1v) is 13.5. The summed E-state index contributed by atoms with van der Waals surface area (Å²) in [6.07, 6.45) is 2.00. The van der Waals surface area contributed by atoms with Gasteiger partial charge < -0.3 is 15.1 Å². The number of carbonyl (C=O) groups is 2. The highest BCUT2D eigenvalue weighted by molar-refractivity contribution is 5.88. The predicted octanol–water partition coefficient (Wildman–Crippen LogP) is 3.38. The second-order valence-corrected chi connectivity index (χ2v) is 10.0. The van der Waals surface area contributed by atoms with Gasteiger partial charge in [0.25, 0.3) is 0 Å². The normalized spacial score (nSPS) is 19.6. The fourth-order valence-corrected chi connectivity index (χ4v) is 5.11. The highest BCUT2D eigenvalue weighted by atomic mass is 19.1. The van der Waals surface area contributed by atoms with Gasteiger partial charge in [0.15, 0.2) is 5.82 Å². The molecule has 1 aromatic carbocycles. The van der Waals surface area contributed by atoms with E-state index in [1.165, 1.54) is 9.70 Å². The summed E-state index contributed by atoms with van der Waals surface area (Å²) in [5.41, 5.74) is 1.63. The molecular weight excluding hydrogens is 504 g/mol. The van der Waals surface area contributed by atoms with Gasteiger partial charge in [-0.25, -0.2) is 9.37 Å². The maximum atomic E-state index is 14.8. The largest absolute Gasteiger partial charge is 0.354 e. The minimum atomic E-state index is -1.34. The molecule has 39 heavy (non-hydrogen) atoms. The molecule has 1 saturated carbocycles. The molecule has 0 radical (unpaired) electrons. The van der Waals surface area contributed by atoms with E-state index in [9.17, 15) is 18.4 Å².